The molecule has 16 heteroatoms. The van der Waals surface area contributed by atoms with Gasteiger partial charge in [0.2, 0.25) is 0 Å². The van der Waals surface area contributed by atoms with E-state index in [1.807, 2.05) is 32.0 Å². The highest BCUT2D eigenvalue weighted by atomic mass is 79.9. The van der Waals surface area contributed by atoms with E-state index in [1.165, 1.54) is 23.5 Å². The molecule has 0 saturated carbocycles. The van der Waals surface area contributed by atoms with E-state index >= 15 is 4.39 Å². The summed E-state index contributed by atoms with van der Waals surface area (Å²) in [6.07, 6.45) is -0.775. The highest BCUT2D eigenvalue weighted by Crippen LogP contribution is 2.55. The molecule has 49 heavy (non-hydrogen) atoms. The lowest BCUT2D eigenvalue weighted by molar-refractivity contribution is -0.00235. The molecule has 1 N–H and O–H groups in total. The Kier molecular flexibility index (Phi) is 13.7. The number of nitrogens with zero attached hydrogens (tertiary/aromatic N) is 2. The number of nitrogens with one attached hydrogen (secondary N) is 1. The van der Waals surface area contributed by atoms with Gasteiger partial charge >= 0.3 is 13.9 Å². The van der Waals surface area contributed by atoms with Crippen molar-refractivity contribution >= 4 is 52.8 Å². The number of phosphoric acid groups is 1. The normalized spacial score (nSPS) is 13.4. The Labute approximate surface area is 305 Å². The lowest BCUT2D eigenvalue weighted by Gasteiger charge is -2.32. The number of hydrogen-bond acceptors (Lipinski definition) is 11. The lowest BCUT2D eigenvalue weighted by Crippen LogP contribution is -2.44. The Hall–Kier alpha value is -2.32. The summed E-state index contributed by atoms with van der Waals surface area (Å²) in [7, 11) is -4.15. The number of phosphoric ester groups is 1. The molecule has 0 aliphatic carbocycles. The predicted molar refractivity (Wildman–Crippen MR) is 193 cm³/mol. The van der Waals surface area contributed by atoms with Gasteiger partial charge in [-0.15, -0.1) is 10.2 Å². The first-order valence-electron chi connectivity index (χ1n) is 15.5. The number of carbonyl (C=O) groups excluding carboxylic acids is 1. The predicted octanol–water partition coefficient (Wildman–Crippen LogP) is 10.2. The molecule has 0 aliphatic heterocycles. The van der Waals surface area contributed by atoms with Gasteiger partial charge < -0.3 is 19.5 Å². The second-order valence-electron chi connectivity index (χ2n) is 14.3. The number of alkyl carbamates (subject to hydrolysis) is 1. The van der Waals surface area contributed by atoms with Gasteiger partial charge in [-0.1, -0.05) is 22.9 Å². The second kappa shape index (κ2) is 16.4. The van der Waals surface area contributed by atoms with E-state index in [-0.39, 0.29) is 30.1 Å². The van der Waals surface area contributed by atoms with Crippen molar-refractivity contribution in [1.82, 2.24) is 15.5 Å². The number of ether oxygens (including phenoxy) is 3. The van der Waals surface area contributed by atoms with Crippen LogP contribution in [0.1, 0.15) is 76.2 Å². The molecule has 3 rings (SSSR count). The first-order valence-corrected chi connectivity index (χ1v) is 18.9. The molecular weight excluding hydrogens is 764 g/mol. The van der Waals surface area contributed by atoms with Crippen LogP contribution in [-0.2, 0) is 22.9 Å². The average Bonchev–Trinajstić information content (AvgIpc) is 3.39. The van der Waals surface area contributed by atoms with Gasteiger partial charge in [-0.05, 0) is 116 Å². The number of amides is 1. The number of halogens is 3. The van der Waals surface area contributed by atoms with E-state index in [1.54, 1.807) is 62.3 Å². The zero-order chi connectivity index (χ0) is 36.9. The largest absolute Gasteiger partial charge is 0.490 e. The minimum absolute atomic E-state index is 0.0134. The molecule has 1 unspecified atom stereocenters. The topological polar surface area (TPSA) is 127 Å². The quantitative estimate of drug-likeness (QED) is 0.167. The first kappa shape index (κ1) is 41.1. The Morgan fingerprint density at radius 2 is 1.55 bits per heavy atom. The summed E-state index contributed by atoms with van der Waals surface area (Å²) in [6.45, 7) is 18.5. The fraction of sp³-hybridized carbons (Fsp3) is 0.545. The van der Waals surface area contributed by atoms with Crippen LogP contribution in [0.25, 0.3) is 21.1 Å². The summed E-state index contributed by atoms with van der Waals surface area (Å²) >= 11 is 11.4. The van der Waals surface area contributed by atoms with Crippen molar-refractivity contribution in [3.8, 4) is 32.6 Å². The Morgan fingerprint density at radius 1 is 0.939 bits per heavy atom. The van der Waals surface area contributed by atoms with Crippen LogP contribution < -0.4 is 14.8 Å². The van der Waals surface area contributed by atoms with E-state index in [9.17, 15) is 9.36 Å². The summed E-state index contributed by atoms with van der Waals surface area (Å²) in [5, 5.41) is 12.3. The third kappa shape index (κ3) is 13.7. The standard InChI is InChI=1S/C33H45BrClFN3O8PS/c1-19(2)44-26-13-12-20(14-23(26)34)28-38-39-29(49-28)22-15-25(36)27(16-24(22)35)42-17-21(37-30(40)45-31(3,4)5)18-43-48(41,46-32(6,7)8)47-33(9,10)11/h12-16,19,21H,17-18H2,1-11H3,(H,37,40). The number of hydrogen-bond donors (Lipinski definition) is 1. The van der Waals surface area contributed by atoms with Crippen molar-refractivity contribution in [2.24, 2.45) is 0 Å². The lowest BCUT2D eigenvalue weighted by atomic mass is 10.2. The second-order valence-corrected chi connectivity index (χ2v) is 18.0. The maximum absolute atomic E-state index is 15.5. The van der Waals surface area contributed by atoms with Crippen molar-refractivity contribution in [2.45, 2.75) is 105 Å². The Bertz CT molecular complexity index is 1640. The molecule has 1 amide bonds. The molecule has 1 atom stereocenters. The molecule has 11 nitrogen and oxygen atoms in total. The van der Waals surface area contributed by atoms with Crippen molar-refractivity contribution in [1.29, 1.82) is 0 Å². The van der Waals surface area contributed by atoms with Crippen molar-refractivity contribution in [3.05, 3.63) is 45.6 Å². The fourth-order valence-corrected chi connectivity index (χ4v) is 7.44. The number of carbonyl (C=O) groups is 1. The molecule has 2 aromatic carbocycles. The van der Waals surface area contributed by atoms with E-state index < -0.39 is 42.6 Å². The summed E-state index contributed by atoms with van der Waals surface area (Å²) in [5.41, 5.74) is -1.46. The summed E-state index contributed by atoms with van der Waals surface area (Å²) in [5.74, 6) is -0.229. The van der Waals surface area contributed by atoms with Gasteiger partial charge in [0, 0.05) is 17.2 Å². The highest BCUT2D eigenvalue weighted by Gasteiger charge is 2.38. The number of aromatic nitrogens is 2. The van der Waals surface area contributed by atoms with Gasteiger partial charge in [-0.2, -0.15) is 0 Å². The molecule has 0 spiro atoms. The van der Waals surface area contributed by atoms with E-state index in [0.29, 0.717) is 21.3 Å². The average molecular weight is 809 g/mol. The first-order chi connectivity index (χ1) is 22.4. The molecule has 272 valence electrons. The third-order valence-corrected chi connectivity index (χ3v) is 9.53. The molecule has 0 fully saturated rings. The van der Waals surface area contributed by atoms with Gasteiger partial charge in [0.15, 0.2) is 11.6 Å². The summed E-state index contributed by atoms with van der Waals surface area (Å²) in [4.78, 5) is 12.7. The van der Waals surface area contributed by atoms with Gasteiger partial charge in [0.25, 0.3) is 0 Å². The van der Waals surface area contributed by atoms with E-state index in [4.69, 9.17) is 39.4 Å². The molecule has 3 aromatic rings. The maximum atomic E-state index is 15.5. The number of benzene rings is 2. The van der Waals surface area contributed by atoms with Crippen LogP contribution in [0.5, 0.6) is 11.5 Å². The van der Waals surface area contributed by atoms with Crippen LogP contribution in [0.4, 0.5) is 9.18 Å². The van der Waals surface area contributed by atoms with Crippen LogP contribution >= 0.6 is 46.7 Å². The monoisotopic (exact) mass is 807 g/mol. The van der Waals surface area contributed by atoms with Crippen LogP contribution in [0.2, 0.25) is 5.02 Å². The zero-order valence-electron chi connectivity index (χ0n) is 29.6. The van der Waals surface area contributed by atoms with Crippen LogP contribution in [0, 0.1) is 5.82 Å². The van der Waals surface area contributed by atoms with Crippen LogP contribution in [0.3, 0.4) is 0 Å². The third-order valence-electron chi connectivity index (χ3n) is 5.58. The van der Waals surface area contributed by atoms with Gasteiger partial charge in [-0.3, -0.25) is 13.6 Å². The van der Waals surface area contributed by atoms with Crippen LogP contribution in [-0.4, -0.2) is 58.5 Å². The van der Waals surface area contributed by atoms with E-state index in [0.717, 1.165) is 10.0 Å². The molecule has 0 aliphatic rings. The maximum Gasteiger partial charge on any atom is 0.475 e. The molecular formula is C33H45BrClFN3O8PS. The molecule has 0 saturated heterocycles. The van der Waals surface area contributed by atoms with Crippen molar-refractivity contribution in [3.63, 3.8) is 0 Å². The minimum atomic E-state index is -4.15. The zero-order valence-corrected chi connectivity index (χ0v) is 33.7. The van der Waals surface area contributed by atoms with Gasteiger partial charge in [0.05, 0.1) is 39.5 Å². The number of rotatable bonds is 13. The van der Waals surface area contributed by atoms with Gasteiger partial charge in [0.1, 0.15) is 28.0 Å². The Balaban J connectivity index is 1.81. The SMILES string of the molecule is CC(C)Oc1ccc(-c2nnc(-c3cc(F)c(OCC(COP(=O)(OC(C)(C)C)OC(C)(C)C)NC(=O)OC(C)(C)C)cc3Cl)s2)cc1Br. The molecule has 0 bridgehead atoms. The molecule has 1 aromatic heterocycles. The van der Waals surface area contributed by atoms with Crippen LogP contribution in [0.15, 0.2) is 34.8 Å². The van der Waals surface area contributed by atoms with Gasteiger partial charge in [-0.25, -0.2) is 13.8 Å². The fourth-order valence-electron chi connectivity index (χ4n) is 3.95. The van der Waals surface area contributed by atoms with Crippen molar-refractivity contribution < 1.29 is 41.5 Å². The van der Waals surface area contributed by atoms with E-state index in [2.05, 4.69) is 31.4 Å². The van der Waals surface area contributed by atoms with Crippen molar-refractivity contribution in [2.75, 3.05) is 13.2 Å². The summed E-state index contributed by atoms with van der Waals surface area (Å²) < 4.78 is 63.8. The minimum Gasteiger partial charge on any atom is -0.490 e. The molecule has 1 heterocycles. The highest BCUT2D eigenvalue weighted by molar-refractivity contribution is 9.10. The summed E-state index contributed by atoms with van der Waals surface area (Å²) in [6, 6.07) is 7.10. The Morgan fingerprint density at radius 3 is 2.10 bits per heavy atom. The smallest absolute Gasteiger partial charge is 0.475 e. The molecule has 0 radical (unpaired) electrons.